The summed E-state index contributed by atoms with van der Waals surface area (Å²) in [5.41, 5.74) is 1.68. The molecular weight excluding hydrogens is 232 g/mol. The van der Waals surface area contributed by atoms with Gasteiger partial charge in [-0.3, -0.25) is 0 Å². The summed E-state index contributed by atoms with van der Waals surface area (Å²) in [6, 6.07) is 7.51. The SMILES string of the molecule is COC(=O)C(O)c1ccccc1C1CCOCC1. The molecule has 1 atom stereocenters. The van der Waals surface area contributed by atoms with Crippen LogP contribution < -0.4 is 0 Å². The summed E-state index contributed by atoms with van der Waals surface area (Å²) in [6.45, 7) is 1.46. The van der Waals surface area contributed by atoms with Crippen molar-refractivity contribution >= 4 is 5.97 Å². The fourth-order valence-electron chi connectivity index (χ4n) is 2.38. The number of aliphatic hydroxyl groups excluding tert-OH is 1. The zero-order valence-electron chi connectivity index (χ0n) is 10.5. The van der Waals surface area contributed by atoms with Crippen molar-refractivity contribution in [1.29, 1.82) is 0 Å². The summed E-state index contributed by atoms with van der Waals surface area (Å²) in [7, 11) is 1.28. The molecule has 0 aromatic heterocycles. The molecule has 0 bridgehead atoms. The molecule has 1 unspecified atom stereocenters. The van der Waals surface area contributed by atoms with Gasteiger partial charge in [0.05, 0.1) is 7.11 Å². The van der Waals surface area contributed by atoms with E-state index in [0.717, 1.165) is 31.6 Å². The van der Waals surface area contributed by atoms with Crippen LogP contribution in [-0.2, 0) is 14.3 Å². The first kappa shape index (κ1) is 13.1. The highest BCUT2D eigenvalue weighted by atomic mass is 16.5. The van der Waals surface area contributed by atoms with Gasteiger partial charge in [-0.15, -0.1) is 0 Å². The minimum atomic E-state index is -1.20. The third kappa shape index (κ3) is 2.71. The molecule has 18 heavy (non-hydrogen) atoms. The third-order valence-electron chi connectivity index (χ3n) is 3.38. The number of esters is 1. The van der Waals surface area contributed by atoms with Gasteiger partial charge in [-0.1, -0.05) is 24.3 Å². The Balaban J connectivity index is 2.27. The first-order chi connectivity index (χ1) is 8.74. The van der Waals surface area contributed by atoms with Crippen LogP contribution in [0.2, 0.25) is 0 Å². The summed E-state index contributed by atoms with van der Waals surface area (Å²) in [5, 5.41) is 9.99. The summed E-state index contributed by atoms with van der Waals surface area (Å²) < 4.78 is 9.93. The van der Waals surface area contributed by atoms with E-state index in [-0.39, 0.29) is 0 Å². The summed E-state index contributed by atoms with van der Waals surface area (Å²) in [4.78, 5) is 11.5. The number of rotatable bonds is 3. The average molecular weight is 250 g/mol. The van der Waals surface area contributed by atoms with Gasteiger partial charge in [-0.05, 0) is 29.9 Å². The molecule has 0 radical (unpaired) electrons. The Kier molecular flexibility index (Phi) is 4.33. The number of carbonyl (C=O) groups excluding carboxylic acids is 1. The Labute approximate surface area is 107 Å². The van der Waals surface area contributed by atoms with Crippen molar-refractivity contribution in [3.63, 3.8) is 0 Å². The molecule has 0 amide bonds. The number of carbonyl (C=O) groups is 1. The molecule has 0 spiro atoms. The molecule has 1 saturated heterocycles. The minimum Gasteiger partial charge on any atom is -0.467 e. The van der Waals surface area contributed by atoms with Crippen molar-refractivity contribution < 1.29 is 19.4 Å². The van der Waals surface area contributed by atoms with Crippen molar-refractivity contribution in [2.75, 3.05) is 20.3 Å². The van der Waals surface area contributed by atoms with Gasteiger partial charge in [0, 0.05) is 13.2 Å². The highest BCUT2D eigenvalue weighted by Gasteiger charge is 2.25. The topological polar surface area (TPSA) is 55.8 Å². The molecule has 1 aliphatic rings. The van der Waals surface area contributed by atoms with Gasteiger partial charge in [0.2, 0.25) is 0 Å². The average Bonchev–Trinajstić information content (AvgIpc) is 2.46. The van der Waals surface area contributed by atoms with Gasteiger partial charge in [-0.2, -0.15) is 0 Å². The first-order valence-corrected chi connectivity index (χ1v) is 6.16. The second kappa shape index (κ2) is 5.98. The Morgan fingerprint density at radius 3 is 2.72 bits per heavy atom. The van der Waals surface area contributed by atoms with Gasteiger partial charge in [-0.25, -0.2) is 4.79 Å². The molecular formula is C14H18O4. The molecule has 1 aromatic carbocycles. The summed E-state index contributed by atoms with van der Waals surface area (Å²) >= 11 is 0. The second-order valence-corrected chi connectivity index (χ2v) is 4.44. The van der Waals surface area contributed by atoms with Gasteiger partial charge >= 0.3 is 5.97 Å². The lowest BCUT2D eigenvalue weighted by Crippen LogP contribution is -2.19. The van der Waals surface area contributed by atoms with E-state index in [0.29, 0.717) is 11.5 Å². The number of hydrogen-bond acceptors (Lipinski definition) is 4. The van der Waals surface area contributed by atoms with Crippen LogP contribution in [0.4, 0.5) is 0 Å². The minimum absolute atomic E-state index is 0.342. The zero-order chi connectivity index (χ0) is 13.0. The van der Waals surface area contributed by atoms with Gasteiger partial charge < -0.3 is 14.6 Å². The van der Waals surface area contributed by atoms with E-state index in [1.807, 2.05) is 18.2 Å². The van der Waals surface area contributed by atoms with Crippen LogP contribution >= 0.6 is 0 Å². The van der Waals surface area contributed by atoms with Gasteiger partial charge in [0.15, 0.2) is 6.10 Å². The standard InChI is InChI=1S/C14H18O4/c1-17-14(16)13(15)12-5-3-2-4-11(12)10-6-8-18-9-7-10/h2-5,10,13,15H,6-9H2,1H3. The molecule has 1 fully saturated rings. The monoisotopic (exact) mass is 250 g/mol. The van der Waals surface area contributed by atoms with E-state index in [4.69, 9.17) is 4.74 Å². The largest absolute Gasteiger partial charge is 0.467 e. The highest BCUT2D eigenvalue weighted by molar-refractivity contribution is 5.76. The molecule has 4 nitrogen and oxygen atoms in total. The predicted octanol–water partition coefficient (Wildman–Crippen LogP) is 1.79. The van der Waals surface area contributed by atoms with Crippen molar-refractivity contribution in [2.24, 2.45) is 0 Å². The van der Waals surface area contributed by atoms with Crippen LogP contribution in [-0.4, -0.2) is 31.4 Å². The van der Waals surface area contributed by atoms with Crippen molar-refractivity contribution in [3.05, 3.63) is 35.4 Å². The Hall–Kier alpha value is -1.39. The lowest BCUT2D eigenvalue weighted by atomic mass is 9.86. The van der Waals surface area contributed by atoms with Crippen molar-refractivity contribution in [2.45, 2.75) is 24.9 Å². The Bertz CT molecular complexity index is 410. The van der Waals surface area contributed by atoms with Crippen LogP contribution in [0.1, 0.15) is 36.0 Å². The Morgan fingerprint density at radius 1 is 1.39 bits per heavy atom. The summed E-state index contributed by atoms with van der Waals surface area (Å²) in [6.07, 6.45) is 0.643. The third-order valence-corrected chi connectivity index (χ3v) is 3.38. The van der Waals surface area contributed by atoms with Crippen LogP contribution in [0.15, 0.2) is 24.3 Å². The van der Waals surface area contributed by atoms with Gasteiger partial charge in [0.25, 0.3) is 0 Å². The molecule has 0 aliphatic carbocycles. The number of ether oxygens (including phenoxy) is 2. The quantitative estimate of drug-likeness (QED) is 0.831. The van der Waals surface area contributed by atoms with Crippen molar-refractivity contribution in [3.8, 4) is 0 Å². The predicted molar refractivity (Wildman–Crippen MR) is 66.2 cm³/mol. The van der Waals surface area contributed by atoms with E-state index in [2.05, 4.69) is 4.74 Å². The van der Waals surface area contributed by atoms with E-state index < -0.39 is 12.1 Å². The normalized spacial score (nSPS) is 18.3. The lowest BCUT2D eigenvalue weighted by molar-refractivity contribution is -0.150. The van der Waals surface area contributed by atoms with Crippen LogP contribution in [0.25, 0.3) is 0 Å². The van der Waals surface area contributed by atoms with Crippen molar-refractivity contribution in [1.82, 2.24) is 0 Å². The molecule has 1 aromatic rings. The van der Waals surface area contributed by atoms with Crippen LogP contribution in [0.5, 0.6) is 0 Å². The van der Waals surface area contributed by atoms with E-state index in [9.17, 15) is 9.90 Å². The maximum Gasteiger partial charge on any atom is 0.339 e. The smallest absolute Gasteiger partial charge is 0.339 e. The Morgan fingerprint density at radius 2 is 2.06 bits per heavy atom. The number of aliphatic hydroxyl groups is 1. The van der Waals surface area contributed by atoms with E-state index in [1.165, 1.54) is 7.11 Å². The van der Waals surface area contributed by atoms with E-state index in [1.54, 1.807) is 6.07 Å². The lowest BCUT2D eigenvalue weighted by Gasteiger charge is -2.25. The number of hydrogen-bond donors (Lipinski definition) is 1. The molecule has 4 heteroatoms. The van der Waals surface area contributed by atoms with Gasteiger partial charge in [0.1, 0.15) is 0 Å². The maximum atomic E-state index is 11.5. The van der Waals surface area contributed by atoms with Crippen LogP contribution in [0.3, 0.4) is 0 Å². The second-order valence-electron chi connectivity index (χ2n) is 4.44. The molecule has 1 heterocycles. The number of methoxy groups -OCH3 is 1. The molecule has 2 rings (SSSR count). The van der Waals surface area contributed by atoms with Crippen LogP contribution in [0, 0.1) is 0 Å². The molecule has 1 aliphatic heterocycles. The first-order valence-electron chi connectivity index (χ1n) is 6.16. The highest BCUT2D eigenvalue weighted by Crippen LogP contribution is 2.32. The zero-order valence-corrected chi connectivity index (χ0v) is 10.5. The number of benzene rings is 1. The molecule has 98 valence electrons. The maximum absolute atomic E-state index is 11.5. The summed E-state index contributed by atoms with van der Waals surface area (Å²) in [5.74, 6) is -0.274. The fraction of sp³-hybridized carbons (Fsp3) is 0.500. The van der Waals surface area contributed by atoms with E-state index >= 15 is 0 Å². The molecule has 0 saturated carbocycles. The molecule has 1 N–H and O–H groups in total. The fourth-order valence-corrected chi connectivity index (χ4v) is 2.38.